The number of carbonyl (C=O) groups is 1. The van der Waals surface area contributed by atoms with Gasteiger partial charge in [-0.05, 0) is 32.3 Å². The van der Waals surface area contributed by atoms with Crippen LogP contribution in [0.2, 0.25) is 0 Å². The molecule has 1 aliphatic heterocycles. The van der Waals surface area contributed by atoms with E-state index >= 15 is 0 Å². The molecule has 1 N–H and O–H groups in total. The molecule has 1 fully saturated rings. The number of hydrogen-bond donors (Lipinski definition) is 1. The highest BCUT2D eigenvalue weighted by Crippen LogP contribution is 2.19. The van der Waals surface area contributed by atoms with Crippen molar-refractivity contribution in [1.29, 1.82) is 0 Å². The van der Waals surface area contributed by atoms with E-state index in [9.17, 15) is 4.79 Å². The lowest BCUT2D eigenvalue weighted by Crippen LogP contribution is -2.28. The van der Waals surface area contributed by atoms with Crippen molar-refractivity contribution in [2.45, 2.75) is 32.7 Å². The Labute approximate surface area is 136 Å². The van der Waals surface area contributed by atoms with Gasteiger partial charge >= 0.3 is 0 Å². The molecule has 120 valence electrons. The molecule has 0 spiro atoms. The minimum absolute atomic E-state index is 0.00316. The molecule has 0 radical (unpaired) electrons. The molecule has 1 aliphatic rings. The SMILES string of the molecule is Cc1nc(NC(C)c2ccccc2)cc(C(=O)N2CCCC2)n1. The molecule has 1 saturated heterocycles. The number of aromatic nitrogens is 2. The van der Waals surface area contributed by atoms with Gasteiger partial charge in [-0.1, -0.05) is 30.3 Å². The third kappa shape index (κ3) is 3.67. The van der Waals surface area contributed by atoms with Crippen molar-refractivity contribution in [2.24, 2.45) is 0 Å². The maximum atomic E-state index is 12.5. The van der Waals surface area contributed by atoms with E-state index in [0.29, 0.717) is 17.3 Å². The van der Waals surface area contributed by atoms with Gasteiger partial charge in [-0.2, -0.15) is 0 Å². The van der Waals surface area contributed by atoms with Crippen LogP contribution in [0, 0.1) is 6.92 Å². The molecule has 2 aromatic rings. The van der Waals surface area contributed by atoms with Gasteiger partial charge in [-0.15, -0.1) is 0 Å². The van der Waals surface area contributed by atoms with Crippen LogP contribution in [0.15, 0.2) is 36.4 Å². The Morgan fingerprint density at radius 2 is 1.87 bits per heavy atom. The van der Waals surface area contributed by atoms with E-state index in [-0.39, 0.29) is 11.9 Å². The molecule has 0 saturated carbocycles. The second-order valence-electron chi connectivity index (χ2n) is 5.96. The van der Waals surface area contributed by atoms with Crippen LogP contribution in [-0.2, 0) is 0 Å². The van der Waals surface area contributed by atoms with Crippen LogP contribution in [0.25, 0.3) is 0 Å². The summed E-state index contributed by atoms with van der Waals surface area (Å²) in [6, 6.07) is 12.0. The third-order valence-electron chi connectivity index (χ3n) is 4.11. The van der Waals surface area contributed by atoms with E-state index in [1.165, 1.54) is 5.56 Å². The Kier molecular flexibility index (Phi) is 4.55. The standard InChI is InChI=1S/C18H22N4O/c1-13(15-8-4-3-5-9-15)19-17-12-16(20-14(2)21-17)18(23)22-10-6-7-11-22/h3-5,8-9,12-13H,6-7,10-11H2,1-2H3,(H,19,20,21). The molecule has 1 aromatic carbocycles. The summed E-state index contributed by atoms with van der Waals surface area (Å²) >= 11 is 0. The van der Waals surface area contributed by atoms with Gasteiger partial charge in [0.1, 0.15) is 17.3 Å². The Hall–Kier alpha value is -2.43. The smallest absolute Gasteiger partial charge is 0.272 e. The van der Waals surface area contributed by atoms with Crippen molar-refractivity contribution in [3.8, 4) is 0 Å². The quantitative estimate of drug-likeness (QED) is 0.942. The second kappa shape index (κ2) is 6.77. The summed E-state index contributed by atoms with van der Waals surface area (Å²) in [4.78, 5) is 23.1. The molecule has 1 atom stereocenters. The zero-order chi connectivity index (χ0) is 16.2. The summed E-state index contributed by atoms with van der Waals surface area (Å²) in [5.74, 6) is 1.30. The number of amides is 1. The molecule has 0 bridgehead atoms. The number of nitrogens with zero attached hydrogens (tertiary/aromatic N) is 3. The van der Waals surface area contributed by atoms with E-state index < -0.39 is 0 Å². The average Bonchev–Trinajstić information content (AvgIpc) is 3.09. The van der Waals surface area contributed by atoms with E-state index in [2.05, 4.69) is 34.3 Å². The second-order valence-corrected chi connectivity index (χ2v) is 5.96. The van der Waals surface area contributed by atoms with Crippen molar-refractivity contribution in [3.05, 3.63) is 53.5 Å². The molecule has 0 aliphatic carbocycles. The maximum Gasteiger partial charge on any atom is 0.272 e. The van der Waals surface area contributed by atoms with Gasteiger partial charge in [0.25, 0.3) is 5.91 Å². The summed E-state index contributed by atoms with van der Waals surface area (Å²) in [7, 11) is 0. The summed E-state index contributed by atoms with van der Waals surface area (Å²) in [6.07, 6.45) is 2.15. The average molecular weight is 310 g/mol. The van der Waals surface area contributed by atoms with Crippen LogP contribution in [0.5, 0.6) is 0 Å². The lowest BCUT2D eigenvalue weighted by Gasteiger charge is -2.18. The summed E-state index contributed by atoms with van der Waals surface area (Å²) in [5, 5.41) is 3.36. The number of benzene rings is 1. The fraction of sp³-hybridized carbons (Fsp3) is 0.389. The fourth-order valence-electron chi connectivity index (χ4n) is 2.88. The van der Waals surface area contributed by atoms with Gasteiger partial charge in [-0.25, -0.2) is 9.97 Å². The number of hydrogen-bond acceptors (Lipinski definition) is 4. The highest BCUT2D eigenvalue weighted by Gasteiger charge is 2.21. The number of carbonyl (C=O) groups excluding carboxylic acids is 1. The molecule has 1 aromatic heterocycles. The summed E-state index contributed by atoms with van der Waals surface area (Å²) < 4.78 is 0. The Morgan fingerprint density at radius 3 is 2.57 bits per heavy atom. The predicted octanol–water partition coefficient (Wildman–Crippen LogP) is 3.19. The summed E-state index contributed by atoms with van der Waals surface area (Å²) in [6.45, 7) is 5.55. The summed E-state index contributed by atoms with van der Waals surface area (Å²) in [5.41, 5.74) is 1.65. The Bertz CT molecular complexity index is 681. The van der Waals surface area contributed by atoms with Crippen LogP contribution in [0.4, 0.5) is 5.82 Å². The van der Waals surface area contributed by atoms with E-state index in [0.717, 1.165) is 25.9 Å². The highest BCUT2D eigenvalue weighted by molar-refractivity contribution is 5.93. The first-order valence-electron chi connectivity index (χ1n) is 8.10. The largest absolute Gasteiger partial charge is 0.363 e. The minimum Gasteiger partial charge on any atom is -0.363 e. The predicted molar refractivity (Wildman–Crippen MR) is 90.4 cm³/mol. The van der Waals surface area contributed by atoms with Gasteiger partial charge < -0.3 is 10.2 Å². The Morgan fingerprint density at radius 1 is 1.17 bits per heavy atom. The third-order valence-corrected chi connectivity index (χ3v) is 4.11. The van der Waals surface area contributed by atoms with E-state index in [4.69, 9.17) is 0 Å². The molecule has 23 heavy (non-hydrogen) atoms. The lowest BCUT2D eigenvalue weighted by molar-refractivity contribution is 0.0786. The zero-order valence-electron chi connectivity index (χ0n) is 13.6. The van der Waals surface area contributed by atoms with Crippen LogP contribution in [0.3, 0.4) is 0 Å². The van der Waals surface area contributed by atoms with Crippen molar-refractivity contribution in [3.63, 3.8) is 0 Å². The van der Waals surface area contributed by atoms with E-state index in [1.807, 2.05) is 30.0 Å². The fourth-order valence-corrected chi connectivity index (χ4v) is 2.88. The topological polar surface area (TPSA) is 58.1 Å². The van der Waals surface area contributed by atoms with Crippen LogP contribution in [-0.4, -0.2) is 33.9 Å². The van der Waals surface area contributed by atoms with Gasteiger partial charge in [0.2, 0.25) is 0 Å². The van der Waals surface area contributed by atoms with Crippen molar-refractivity contribution >= 4 is 11.7 Å². The monoisotopic (exact) mass is 310 g/mol. The number of likely N-dealkylation sites (tertiary alicyclic amines) is 1. The molecular formula is C18H22N4O. The zero-order valence-corrected chi connectivity index (χ0v) is 13.6. The highest BCUT2D eigenvalue weighted by atomic mass is 16.2. The van der Waals surface area contributed by atoms with Crippen molar-refractivity contribution < 1.29 is 4.79 Å². The molecule has 5 heteroatoms. The number of rotatable bonds is 4. The first-order valence-corrected chi connectivity index (χ1v) is 8.10. The molecule has 5 nitrogen and oxygen atoms in total. The minimum atomic E-state index is 0.00316. The van der Waals surface area contributed by atoms with Crippen LogP contribution in [0.1, 0.15) is 47.7 Å². The molecule has 1 amide bonds. The van der Waals surface area contributed by atoms with Gasteiger partial charge in [0, 0.05) is 25.2 Å². The number of aryl methyl sites for hydroxylation is 1. The maximum absolute atomic E-state index is 12.5. The molecule has 2 heterocycles. The molecule has 3 rings (SSSR count). The van der Waals surface area contributed by atoms with Gasteiger partial charge in [0.15, 0.2) is 0 Å². The Balaban J connectivity index is 1.78. The molecule has 1 unspecified atom stereocenters. The lowest BCUT2D eigenvalue weighted by atomic mass is 10.1. The van der Waals surface area contributed by atoms with Gasteiger partial charge in [-0.3, -0.25) is 4.79 Å². The number of anilines is 1. The molecular weight excluding hydrogens is 288 g/mol. The van der Waals surface area contributed by atoms with Crippen molar-refractivity contribution in [1.82, 2.24) is 14.9 Å². The van der Waals surface area contributed by atoms with Crippen LogP contribution >= 0.6 is 0 Å². The number of nitrogens with one attached hydrogen (secondary N) is 1. The van der Waals surface area contributed by atoms with Gasteiger partial charge in [0.05, 0.1) is 0 Å². The first kappa shape index (κ1) is 15.5. The van der Waals surface area contributed by atoms with E-state index in [1.54, 1.807) is 6.07 Å². The van der Waals surface area contributed by atoms with Crippen molar-refractivity contribution in [2.75, 3.05) is 18.4 Å². The normalized spacial score (nSPS) is 15.5. The first-order chi connectivity index (χ1) is 11.1. The van der Waals surface area contributed by atoms with Crippen LogP contribution < -0.4 is 5.32 Å².